The largest absolute Gasteiger partial charge is 0.136 e. The van der Waals surface area contributed by atoms with Gasteiger partial charge in [0.25, 0.3) is 0 Å². The van der Waals surface area contributed by atoms with Gasteiger partial charge in [0.15, 0.2) is 0 Å². The summed E-state index contributed by atoms with van der Waals surface area (Å²) in [5.41, 5.74) is 5.20. The molecule has 0 bridgehead atoms. The van der Waals surface area contributed by atoms with E-state index in [0.717, 1.165) is 0 Å². The zero-order valence-corrected chi connectivity index (χ0v) is 9.29. The number of fused-ring (bicyclic) bond motifs is 1. The lowest BCUT2D eigenvalue weighted by Gasteiger charge is -2.41. The van der Waals surface area contributed by atoms with E-state index in [9.17, 15) is 0 Å². The summed E-state index contributed by atoms with van der Waals surface area (Å²) in [4.78, 5) is 0. The molecule has 1 fully saturated rings. The molecule has 0 radical (unpaired) electrons. The molecule has 3 rings (SSSR count). The van der Waals surface area contributed by atoms with Crippen LogP contribution in [-0.2, 0) is 0 Å². The monoisotopic (exact) mass is 197 g/mol. The molecule has 0 aromatic heterocycles. The van der Waals surface area contributed by atoms with Crippen LogP contribution in [-0.4, -0.2) is 0 Å². The first-order chi connectivity index (χ1) is 7.30. The average Bonchev–Trinajstić information content (AvgIpc) is 2.26. The number of allylic oxidation sites excluding steroid dienone is 2. The van der Waals surface area contributed by atoms with Crippen molar-refractivity contribution in [2.45, 2.75) is 32.6 Å². The fourth-order valence-corrected chi connectivity index (χ4v) is 2.98. The highest BCUT2D eigenvalue weighted by Gasteiger charge is 2.47. The van der Waals surface area contributed by atoms with Crippen LogP contribution in [0.2, 0.25) is 0 Å². The topological polar surface area (TPSA) is 0 Å². The van der Waals surface area contributed by atoms with Crippen LogP contribution in [0, 0.1) is 11.8 Å². The number of rotatable bonds is 1. The molecule has 1 unspecified atom stereocenters. The predicted octanol–water partition coefficient (Wildman–Crippen LogP) is 4.24. The summed E-state index contributed by atoms with van der Waals surface area (Å²) in [5, 5.41) is 0. The van der Waals surface area contributed by atoms with Crippen molar-refractivity contribution in [1.29, 1.82) is 0 Å². The first kappa shape index (κ1) is 9.08. The lowest BCUT2D eigenvalue weighted by atomic mass is 9.58. The fourth-order valence-electron chi connectivity index (χ4n) is 2.98. The van der Waals surface area contributed by atoms with Gasteiger partial charge in [-0.15, -0.1) is 0 Å². The van der Waals surface area contributed by atoms with Crippen LogP contribution in [0.15, 0.2) is 35.9 Å². The number of benzene rings is 1. The summed E-state index contributed by atoms with van der Waals surface area (Å²) in [6, 6.07) is 10.9. The SMILES string of the molecule is CC12CC[CH+]C(c3ccccc3)=C1CC2. The van der Waals surface area contributed by atoms with Crippen molar-refractivity contribution in [3.8, 4) is 0 Å². The summed E-state index contributed by atoms with van der Waals surface area (Å²) < 4.78 is 0. The van der Waals surface area contributed by atoms with Crippen molar-refractivity contribution in [1.82, 2.24) is 0 Å². The number of hydrogen-bond donors (Lipinski definition) is 0. The van der Waals surface area contributed by atoms with Gasteiger partial charge in [-0.2, -0.15) is 0 Å². The smallest absolute Gasteiger partial charge is 0.0599 e. The normalized spacial score (nSPS) is 29.1. The summed E-state index contributed by atoms with van der Waals surface area (Å²) in [6.45, 7) is 2.43. The molecule has 2 aliphatic rings. The molecule has 76 valence electrons. The molecule has 0 amide bonds. The van der Waals surface area contributed by atoms with Crippen LogP contribution in [0.4, 0.5) is 0 Å². The van der Waals surface area contributed by atoms with E-state index in [0.29, 0.717) is 5.41 Å². The Morgan fingerprint density at radius 3 is 2.60 bits per heavy atom. The van der Waals surface area contributed by atoms with E-state index in [4.69, 9.17) is 0 Å². The maximum absolute atomic E-state index is 2.44. The first-order valence-electron chi connectivity index (χ1n) is 5.92. The van der Waals surface area contributed by atoms with Gasteiger partial charge in [-0.25, -0.2) is 0 Å². The van der Waals surface area contributed by atoms with Gasteiger partial charge in [-0.1, -0.05) is 6.07 Å². The van der Waals surface area contributed by atoms with Gasteiger partial charge >= 0.3 is 0 Å². The quantitative estimate of drug-likeness (QED) is 0.591. The van der Waals surface area contributed by atoms with E-state index < -0.39 is 0 Å². The third kappa shape index (κ3) is 1.31. The van der Waals surface area contributed by atoms with Crippen LogP contribution >= 0.6 is 0 Å². The van der Waals surface area contributed by atoms with E-state index in [2.05, 4.69) is 43.7 Å². The van der Waals surface area contributed by atoms with Gasteiger partial charge < -0.3 is 0 Å². The molecule has 1 saturated carbocycles. The standard InChI is InChI=1S/C15H17/c1-15-10-5-8-13(14(15)9-11-15)12-6-3-2-4-7-12/h2-4,6-8H,5,9-11H2,1H3/q+1. The maximum Gasteiger partial charge on any atom is 0.136 e. The molecule has 0 nitrogen and oxygen atoms in total. The third-order valence-corrected chi connectivity index (χ3v) is 4.11. The first-order valence-corrected chi connectivity index (χ1v) is 5.92. The summed E-state index contributed by atoms with van der Waals surface area (Å²) in [5.74, 6) is 0. The Morgan fingerprint density at radius 1 is 1.13 bits per heavy atom. The second-order valence-corrected chi connectivity index (χ2v) is 5.06. The van der Waals surface area contributed by atoms with Gasteiger partial charge in [-0.05, 0) is 31.9 Å². The highest BCUT2D eigenvalue weighted by atomic mass is 14.5. The zero-order chi connectivity index (χ0) is 10.3. The third-order valence-electron chi connectivity index (χ3n) is 4.11. The van der Waals surface area contributed by atoms with Crippen molar-refractivity contribution < 1.29 is 0 Å². The Hall–Kier alpha value is -1.17. The van der Waals surface area contributed by atoms with Crippen molar-refractivity contribution in [3.63, 3.8) is 0 Å². The van der Waals surface area contributed by atoms with E-state index in [-0.39, 0.29) is 0 Å². The molecule has 0 heteroatoms. The molecular formula is C15H17+. The second kappa shape index (κ2) is 3.16. The Bertz CT molecular complexity index is 399. The molecule has 1 atom stereocenters. The maximum atomic E-state index is 2.44. The van der Waals surface area contributed by atoms with Crippen LogP contribution < -0.4 is 0 Å². The highest BCUT2D eigenvalue weighted by Crippen LogP contribution is 2.56. The Morgan fingerprint density at radius 2 is 1.93 bits per heavy atom. The molecular weight excluding hydrogens is 180 g/mol. The molecule has 15 heavy (non-hydrogen) atoms. The Kier molecular flexibility index (Phi) is 1.92. The lowest BCUT2D eigenvalue weighted by molar-refractivity contribution is 0.243. The molecule has 1 aromatic rings. The van der Waals surface area contributed by atoms with Crippen LogP contribution in [0.1, 0.15) is 38.2 Å². The summed E-state index contributed by atoms with van der Waals surface area (Å²) >= 11 is 0. The molecule has 0 heterocycles. The van der Waals surface area contributed by atoms with Gasteiger partial charge in [0.05, 0.1) is 5.56 Å². The van der Waals surface area contributed by atoms with Crippen molar-refractivity contribution in [2.75, 3.05) is 0 Å². The summed E-state index contributed by atoms with van der Waals surface area (Å²) in [6.07, 6.45) is 7.76. The van der Waals surface area contributed by atoms with Crippen LogP contribution in [0.3, 0.4) is 0 Å². The van der Waals surface area contributed by atoms with E-state index in [1.54, 1.807) is 5.57 Å². The van der Waals surface area contributed by atoms with Crippen molar-refractivity contribution in [2.24, 2.45) is 5.41 Å². The molecule has 1 aromatic carbocycles. The zero-order valence-electron chi connectivity index (χ0n) is 9.29. The van der Waals surface area contributed by atoms with Gasteiger partial charge in [-0.3, -0.25) is 0 Å². The highest BCUT2D eigenvalue weighted by molar-refractivity contribution is 5.77. The van der Waals surface area contributed by atoms with Crippen molar-refractivity contribution >= 4 is 5.57 Å². The minimum atomic E-state index is 0.542. The van der Waals surface area contributed by atoms with Crippen molar-refractivity contribution in [3.05, 3.63) is 47.9 Å². The molecule has 0 aliphatic heterocycles. The van der Waals surface area contributed by atoms with Gasteiger partial charge in [0.2, 0.25) is 0 Å². The van der Waals surface area contributed by atoms with Crippen LogP contribution in [0.5, 0.6) is 0 Å². The second-order valence-electron chi connectivity index (χ2n) is 5.06. The molecule has 0 saturated heterocycles. The van der Waals surface area contributed by atoms with Crippen LogP contribution in [0.25, 0.3) is 5.57 Å². The molecule has 0 spiro atoms. The minimum Gasteiger partial charge on any atom is -0.0599 e. The average molecular weight is 197 g/mol. The molecule has 0 N–H and O–H groups in total. The Balaban J connectivity index is 2.06. The lowest BCUT2D eigenvalue weighted by Crippen LogP contribution is -2.32. The van der Waals surface area contributed by atoms with E-state index >= 15 is 0 Å². The number of hydrogen-bond acceptors (Lipinski definition) is 0. The van der Waals surface area contributed by atoms with E-state index in [1.807, 2.05) is 0 Å². The predicted molar refractivity (Wildman–Crippen MR) is 64.2 cm³/mol. The van der Waals surface area contributed by atoms with Gasteiger partial charge in [0, 0.05) is 42.4 Å². The van der Waals surface area contributed by atoms with Gasteiger partial charge in [0.1, 0.15) is 5.57 Å². The Labute approximate surface area is 92.0 Å². The summed E-state index contributed by atoms with van der Waals surface area (Å²) in [7, 11) is 0. The fraction of sp³-hybridized carbons (Fsp3) is 0.400. The van der Waals surface area contributed by atoms with E-state index in [1.165, 1.54) is 36.8 Å². The molecule has 2 aliphatic carbocycles. The minimum absolute atomic E-state index is 0.542.